The van der Waals surface area contributed by atoms with Crippen molar-refractivity contribution in [2.75, 3.05) is 42.9 Å². The van der Waals surface area contributed by atoms with Crippen LogP contribution in [0.15, 0.2) is 48.5 Å². The third-order valence-electron chi connectivity index (χ3n) is 5.90. The predicted octanol–water partition coefficient (Wildman–Crippen LogP) is 4.02. The fourth-order valence-electron chi connectivity index (χ4n) is 4.08. The number of amides is 1. The summed E-state index contributed by atoms with van der Waals surface area (Å²) < 4.78 is 14.9. The number of benzene rings is 2. The van der Waals surface area contributed by atoms with Crippen LogP contribution in [0.25, 0.3) is 5.69 Å². The summed E-state index contributed by atoms with van der Waals surface area (Å²) in [5, 5.41) is 7.47. The molecule has 162 valence electrons. The van der Waals surface area contributed by atoms with Gasteiger partial charge in [0, 0.05) is 37.6 Å². The number of aryl methyl sites for hydroxylation is 1. The SMILES string of the molecule is CCN1CCN(c2ccc(NC(=O)c3c(C)nn(-c4ccc(F)cc4)c3C)cc2)CC1. The first-order valence-corrected chi connectivity index (χ1v) is 10.7. The Balaban J connectivity index is 1.47. The maximum Gasteiger partial charge on any atom is 0.259 e. The van der Waals surface area contributed by atoms with Gasteiger partial charge in [0.15, 0.2) is 0 Å². The molecule has 4 rings (SSSR count). The zero-order valence-corrected chi connectivity index (χ0v) is 18.2. The van der Waals surface area contributed by atoms with Crippen molar-refractivity contribution < 1.29 is 9.18 Å². The number of rotatable bonds is 5. The second-order valence-electron chi connectivity index (χ2n) is 7.86. The number of likely N-dealkylation sites (N-methyl/N-ethyl adjacent to an activating group) is 1. The Morgan fingerprint density at radius 1 is 0.968 bits per heavy atom. The number of halogens is 1. The molecule has 2 heterocycles. The third-order valence-corrected chi connectivity index (χ3v) is 5.90. The summed E-state index contributed by atoms with van der Waals surface area (Å²) in [7, 11) is 0. The van der Waals surface area contributed by atoms with Gasteiger partial charge >= 0.3 is 0 Å². The Morgan fingerprint density at radius 2 is 1.58 bits per heavy atom. The van der Waals surface area contributed by atoms with Crippen LogP contribution in [0.1, 0.15) is 28.7 Å². The molecule has 1 amide bonds. The number of hydrogen-bond donors (Lipinski definition) is 1. The van der Waals surface area contributed by atoms with E-state index in [0.29, 0.717) is 22.6 Å². The molecule has 3 aromatic rings. The molecular formula is C24H28FN5O. The molecule has 1 aromatic heterocycles. The number of anilines is 2. The van der Waals surface area contributed by atoms with Crippen LogP contribution in [-0.4, -0.2) is 53.3 Å². The average Bonchev–Trinajstić information content (AvgIpc) is 3.09. The van der Waals surface area contributed by atoms with Gasteiger partial charge in [-0.25, -0.2) is 9.07 Å². The van der Waals surface area contributed by atoms with Gasteiger partial charge in [0.2, 0.25) is 0 Å². The molecule has 0 radical (unpaired) electrons. The highest BCUT2D eigenvalue weighted by Gasteiger charge is 2.20. The van der Waals surface area contributed by atoms with E-state index in [-0.39, 0.29) is 11.7 Å². The predicted molar refractivity (Wildman–Crippen MR) is 122 cm³/mol. The van der Waals surface area contributed by atoms with E-state index in [1.54, 1.807) is 23.7 Å². The fraction of sp³-hybridized carbons (Fsp3) is 0.333. The van der Waals surface area contributed by atoms with Gasteiger partial charge < -0.3 is 15.1 Å². The molecule has 1 aliphatic rings. The minimum absolute atomic E-state index is 0.201. The van der Waals surface area contributed by atoms with E-state index in [2.05, 4.69) is 39.3 Å². The molecule has 0 bridgehead atoms. The van der Waals surface area contributed by atoms with Crippen molar-refractivity contribution >= 4 is 17.3 Å². The van der Waals surface area contributed by atoms with E-state index in [1.165, 1.54) is 17.8 Å². The summed E-state index contributed by atoms with van der Waals surface area (Å²) >= 11 is 0. The van der Waals surface area contributed by atoms with Crippen LogP contribution in [0.3, 0.4) is 0 Å². The minimum Gasteiger partial charge on any atom is -0.369 e. The van der Waals surface area contributed by atoms with Gasteiger partial charge in [-0.1, -0.05) is 6.92 Å². The first-order chi connectivity index (χ1) is 15.0. The quantitative estimate of drug-likeness (QED) is 0.676. The fourth-order valence-corrected chi connectivity index (χ4v) is 4.08. The number of hydrogen-bond acceptors (Lipinski definition) is 4. The van der Waals surface area contributed by atoms with Crippen LogP contribution in [0, 0.1) is 19.7 Å². The lowest BCUT2D eigenvalue weighted by Gasteiger charge is -2.35. The number of piperazine rings is 1. The van der Waals surface area contributed by atoms with Gasteiger partial charge in [0.05, 0.1) is 22.6 Å². The Morgan fingerprint density at radius 3 is 2.19 bits per heavy atom. The van der Waals surface area contributed by atoms with Crippen LogP contribution in [0.4, 0.5) is 15.8 Å². The van der Waals surface area contributed by atoms with Crippen molar-refractivity contribution in [2.24, 2.45) is 0 Å². The van der Waals surface area contributed by atoms with Crippen molar-refractivity contribution in [1.82, 2.24) is 14.7 Å². The van der Waals surface area contributed by atoms with Crippen LogP contribution >= 0.6 is 0 Å². The van der Waals surface area contributed by atoms with Gasteiger partial charge in [0.25, 0.3) is 5.91 Å². The maximum absolute atomic E-state index is 13.2. The third kappa shape index (κ3) is 4.46. The highest BCUT2D eigenvalue weighted by atomic mass is 19.1. The molecule has 6 nitrogen and oxygen atoms in total. The average molecular weight is 422 g/mol. The molecule has 0 spiro atoms. The summed E-state index contributed by atoms with van der Waals surface area (Å²) in [6, 6.07) is 14.1. The topological polar surface area (TPSA) is 53.4 Å². The number of carbonyl (C=O) groups excluding carboxylic acids is 1. The van der Waals surface area contributed by atoms with Crippen molar-refractivity contribution in [3.63, 3.8) is 0 Å². The molecule has 31 heavy (non-hydrogen) atoms. The lowest BCUT2D eigenvalue weighted by Crippen LogP contribution is -2.46. The van der Waals surface area contributed by atoms with E-state index in [4.69, 9.17) is 0 Å². The molecule has 0 atom stereocenters. The molecule has 1 aliphatic heterocycles. The molecule has 1 fully saturated rings. The molecule has 0 saturated carbocycles. The normalized spacial score (nSPS) is 14.6. The minimum atomic E-state index is -0.307. The van der Waals surface area contributed by atoms with Crippen LogP contribution in [0.5, 0.6) is 0 Å². The summed E-state index contributed by atoms with van der Waals surface area (Å²) in [6.45, 7) is 11.1. The highest BCUT2D eigenvalue weighted by molar-refractivity contribution is 6.06. The summed E-state index contributed by atoms with van der Waals surface area (Å²) in [5.41, 5.74) is 4.51. The molecular weight excluding hydrogens is 393 g/mol. The molecule has 2 aromatic carbocycles. The van der Waals surface area contributed by atoms with Crippen molar-refractivity contribution in [2.45, 2.75) is 20.8 Å². The standard InChI is InChI=1S/C24H28FN5O/c1-4-28-13-15-29(16-14-28)21-11-7-20(8-12-21)26-24(31)23-17(2)27-30(18(23)3)22-9-5-19(25)6-10-22/h5-12H,4,13-16H2,1-3H3,(H,26,31). The lowest BCUT2D eigenvalue weighted by molar-refractivity contribution is 0.102. The monoisotopic (exact) mass is 421 g/mol. The first kappa shape index (κ1) is 21.1. The number of carbonyl (C=O) groups is 1. The zero-order valence-electron chi connectivity index (χ0n) is 18.2. The maximum atomic E-state index is 13.2. The van der Waals surface area contributed by atoms with Gasteiger partial charge in [0.1, 0.15) is 5.82 Å². The number of nitrogens with one attached hydrogen (secondary N) is 1. The first-order valence-electron chi connectivity index (χ1n) is 10.7. The van der Waals surface area contributed by atoms with E-state index >= 15 is 0 Å². The van der Waals surface area contributed by atoms with Gasteiger partial charge in [-0.2, -0.15) is 5.10 Å². The summed E-state index contributed by atoms with van der Waals surface area (Å²) in [4.78, 5) is 17.8. The van der Waals surface area contributed by atoms with Gasteiger partial charge in [-0.05, 0) is 68.9 Å². The van der Waals surface area contributed by atoms with Crippen LogP contribution < -0.4 is 10.2 Å². The van der Waals surface area contributed by atoms with E-state index < -0.39 is 0 Å². The number of nitrogens with zero attached hydrogens (tertiary/aromatic N) is 4. The van der Waals surface area contributed by atoms with E-state index in [1.807, 2.05) is 19.1 Å². The molecule has 1 saturated heterocycles. The van der Waals surface area contributed by atoms with Crippen LogP contribution in [-0.2, 0) is 0 Å². The highest BCUT2D eigenvalue weighted by Crippen LogP contribution is 2.22. The van der Waals surface area contributed by atoms with Crippen LogP contribution in [0.2, 0.25) is 0 Å². The Labute approximate surface area is 182 Å². The molecule has 0 aliphatic carbocycles. The Hall–Kier alpha value is -3.19. The van der Waals surface area contributed by atoms with Crippen molar-refractivity contribution in [3.8, 4) is 5.69 Å². The number of aromatic nitrogens is 2. The lowest BCUT2D eigenvalue weighted by atomic mass is 10.1. The molecule has 7 heteroatoms. The molecule has 0 unspecified atom stereocenters. The smallest absolute Gasteiger partial charge is 0.259 e. The summed E-state index contributed by atoms with van der Waals surface area (Å²) in [5.74, 6) is -0.508. The van der Waals surface area contributed by atoms with Gasteiger partial charge in [-0.3, -0.25) is 4.79 Å². The van der Waals surface area contributed by atoms with E-state index in [9.17, 15) is 9.18 Å². The Bertz CT molecular complexity index is 1050. The zero-order chi connectivity index (χ0) is 22.0. The molecule has 1 N–H and O–H groups in total. The van der Waals surface area contributed by atoms with E-state index in [0.717, 1.165) is 38.4 Å². The van der Waals surface area contributed by atoms with Crippen molar-refractivity contribution in [1.29, 1.82) is 0 Å². The largest absolute Gasteiger partial charge is 0.369 e. The Kier molecular flexibility index (Phi) is 6.04. The second-order valence-corrected chi connectivity index (χ2v) is 7.86. The second kappa shape index (κ2) is 8.89. The summed E-state index contributed by atoms with van der Waals surface area (Å²) in [6.07, 6.45) is 0. The van der Waals surface area contributed by atoms with Crippen molar-refractivity contribution in [3.05, 3.63) is 71.3 Å². The van der Waals surface area contributed by atoms with Gasteiger partial charge in [-0.15, -0.1) is 0 Å².